The summed E-state index contributed by atoms with van der Waals surface area (Å²) < 4.78 is 5.03. The summed E-state index contributed by atoms with van der Waals surface area (Å²) >= 11 is 0. The minimum Gasteiger partial charge on any atom is -0.444 e. The van der Waals surface area contributed by atoms with Gasteiger partial charge in [-0.25, -0.2) is 9.78 Å². The summed E-state index contributed by atoms with van der Waals surface area (Å²) in [4.78, 5) is 15.4. The van der Waals surface area contributed by atoms with Gasteiger partial charge < -0.3 is 4.74 Å². The van der Waals surface area contributed by atoms with E-state index in [1.165, 1.54) is 12.3 Å². The SMILES string of the molecule is N#Cc1ccnc(NC(=O)OCc2ccccc2)c1. The number of nitrogens with one attached hydrogen (secondary N) is 1. The number of rotatable bonds is 3. The molecule has 0 fully saturated rings. The number of hydrogen-bond donors (Lipinski definition) is 1. The fraction of sp³-hybridized carbons (Fsp3) is 0.0714. The lowest BCUT2D eigenvalue weighted by Crippen LogP contribution is -2.14. The van der Waals surface area contributed by atoms with Crippen LogP contribution in [0.25, 0.3) is 0 Å². The Bertz CT molecular complexity index is 606. The van der Waals surface area contributed by atoms with Crippen LogP contribution in [0.1, 0.15) is 11.1 Å². The third-order valence-corrected chi connectivity index (χ3v) is 2.33. The van der Waals surface area contributed by atoms with Crippen molar-refractivity contribution in [3.63, 3.8) is 0 Å². The van der Waals surface area contributed by atoms with Crippen LogP contribution in [0, 0.1) is 11.3 Å². The van der Waals surface area contributed by atoms with E-state index in [1.807, 2.05) is 36.4 Å². The lowest BCUT2D eigenvalue weighted by Gasteiger charge is -2.06. The smallest absolute Gasteiger partial charge is 0.413 e. The Hall–Kier alpha value is -2.87. The molecule has 1 aromatic heterocycles. The van der Waals surface area contributed by atoms with Crippen LogP contribution >= 0.6 is 0 Å². The number of carbonyl (C=O) groups is 1. The van der Waals surface area contributed by atoms with Gasteiger partial charge in [0.05, 0.1) is 11.6 Å². The summed E-state index contributed by atoms with van der Waals surface area (Å²) in [6.45, 7) is 0.185. The summed E-state index contributed by atoms with van der Waals surface area (Å²) in [6, 6.07) is 14.4. The summed E-state index contributed by atoms with van der Waals surface area (Å²) in [6.07, 6.45) is 0.845. The number of anilines is 1. The average Bonchev–Trinajstić information content (AvgIpc) is 2.46. The molecule has 0 unspecified atom stereocenters. The maximum atomic E-state index is 11.5. The van der Waals surface area contributed by atoms with Crippen molar-refractivity contribution in [3.8, 4) is 6.07 Å². The van der Waals surface area contributed by atoms with Crippen LogP contribution < -0.4 is 5.32 Å². The molecule has 0 aliphatic rings. The molecule has 5 nitrogen and oxygen atoms in total. The quantitative estimate of drug-likeness (QED) is 0.912. The monoisotopic (exact) mass is 253 g/mol. The van der Waals surface area contributed by atoms with Crippen LogP contribution in [-0.4, -0.2) is 11.1 Å². The highest BCUT2D eigenvalue weighted by atomic mass is 16.5. The second kappa shape index (κ2) is 6.17. The topological polar surface area (TPSA) is 75.0 Å². The molecule has 1 N–H and O–H groups in total. The summed E-state index contributed by atoms with van der Waals surface area (Å²) in [5.74, 6) is 0.289. The number of nitriles is 1. The molecule has 1 aromatic carbocycles. The second-order valence-corrected chi connectivity index (χ2v) is 3.73. The van der Waals surface area contributed by atoms with E-state index in [1.54, 1.807) is 6.07 Å². The molecular formula is C14H11N3O2. The number of ether oxygens (including phenoxy) is 1. The fourth-order valence-electron chi connectivity index (χ4n) is 1.43. The summed E-state index contributed by atoms with van der Waals surface area (Å²) in [5.41, 5.74) is 1.32. The van der Waals surface area contributed by atoms with Crippen LogP contribution in [0.15, 0.2) is 48.7 Å². The average molecular weight is 253 g/mol. The standard InChI is InChI=1S/C14H11N3O2/c15-9-12-6-7-16-13(8-12)17-14(18)19-10-11-4-2-1-3-5-11/h1-8H,10H2,(H,16,17,18). The minimum atomic E-state index is -0.605. The second-order valence-electron chi connectivity index (χ2n) is 3.73. The highest BCUT2D eigenvalue weighted by Crippen LogP contribution is 2.07. The molecule has 2 aromatic rings. The number of carbonyl (C=O) groups excluding carboxylic acids is 1. The van der Waals surface area contributed by atoms with E-state index in [2.05, 4.69) is 10.3 Å². The van der Waals surface area contributed by atoms with Gasteiger partial charge in [-0.2, -0.15) is 5.26 Å². The van der Waals surface area contributed by atoms with Crippen LogP contribution in [0.2, 0.25) is 0 Å². The van der Waals surface area contributed by atoms with Gasteiger partial charge in [0.25, 0.3) is 0 Å². The van der Waals surface area contributed by atoms with Gasteiger partial charge in [0.2, 0.25) is 0 Å². The van der Waals surface area contributed by atoms with Gasteiger partial charge in [-0.15, -0.1) is 0 Å². The normalized spacial score (nSPS) is 9.42. The van der Waals surface area contributed by atoms with Crippen molar-refractivity contribution in [2.45, 2.75) is 6.61 Å². The van der Waals surface area contributed by atoms with Gasteiger partial charge in [-0.3, -0.25) is 5.32 Å². The first-order valence-corrected chi connectivity index (χ1v) is 5.62. The molecule has 0 aliphatic carbocycles. The van der Waals surface area contributed by atoms with Gasteiger partial charge >= 0.3 is 6.09 Å². The Kier molecular flexibility index (Phi) is 4.09. The number of aromatic nitrogens is 1. The van der Waals surface area contributed by atoms with E-state index >= 15 is 0 Å². The van der Waals surface area contributed by atoms with Crippen molar-refractivity contribution in [1.29, 1.82) is 5.26 Å². The third-order valence-electron chi connectivity index (χ3n) is 2.33. The minimum absolute atomic E-state index is 0.185. The van der Waals surface area contributed by atoms with Crippen LogP contribution in [-0.2, 0) is 11.3 Å². The van der Waals surface area contributed by atoms with Crippen molar-refractivity contribution in [2.75, 3.05) is 5.32 Å². The van der Waals surface area contributed by atoms with Crippen molar-refractivity contribution in [3.05, 3.63) is 59.8 Å². The first kappa shape index (κ1) is 12.6. The Morgan fingerprint density at radius 2 is 2.11 bits per heavy atom. The molecule has 0 radical (unpaired) electrons. The maximum absolute atomic E-state index is 11.5. The highest BCUT2D eigenvalue weighted by molar-refractivity contribution is 5.83. The zero-order valence-electron chi connectivity index (χ0n) is 10.0. The third kappa shape index (κ3) is 3.82. The summed E-state index contributed by atoms with van der Waals surface area (Å²) in [5, 5.41) is 11.2. The Labute approximate surface area is 110 Å². The fourth-order valence-corrected chi connectivity index (χ4v) is 1.43. The van der Waals surface area contributed by atoms with Crippen molar-refractivity contribution in [1.82, 2.24) is 4.98 Å². The molecular weight excluding hydrogens is 242 g/mol. The first-order valence-electron chi connectivity index (χ1n) is 5.62. The van der Waals surface area contributed by atoms with Gasteiger partial charge in [-0.1, -0.05) is 30.3 Å². The van der Waals surface area contributed by atoms with E-state index < -0.39 is 6.09 Å². The predicted molar refractivity (Wildman–Crippen MR) is 69.2 cm³/mol. The zero-order chi connectivity index (χ0) is 13.5. The molecule has 0 saturated carbocycles. The number of hydrogen-bond acceptors (Lipinski definition) is 4. The van der Waals surface area contributed by atoms with Crippen molar-refractivity contribution < 1.29 is 9.53 Å². The molecule has 0 spiro atoms. The number of benzene rings is 1. The van der Waals surface area contributed by atoms with Crippen LogP contribution in [0.5, 0.6) is 0 Å². The Morgan fingerprint density at radius 1 is 1.32 bits per heavy atom. The van der Waals surface area contributed by atoms with Gasteiger partial charge in [-0.05, 0) is 17.7 Å². The number of amides is 1. The molecule has 2 rings (SSSR count). The number of pyridine rings is 1. The first-order chi connectivity index (χ1) is 9.28. The lowest BCUT2D eigenvalue weighted by molar-refractivity contribution is 0.155. The largest absolute Gasteiger partial charge is 0.444 e. The van der Waals surface area contributed by atoms with Crippen molar-refractivity contribution in [2.24, 2.45) is 0 Å². The summed E-state index contributed by atoms with van der Waals surface area (Å²) in [7, 11) is 0. The molecule has 94 valence electrons. The highest BCUT2D eigenvalue weighted by Gasteiger charge is 2.05. The molecule has 0 atom stereocenters. The van der Waals surface area contributed by atoms with Gasteiger partial charge in [0, 0.05) is 6.20 Å². The Balaban J connectivity index is 1.89. The van der Waals surface area contributed by atoms with E-state index in [-0.39, 0.29) is 12.4 Å². The Morgan fingerprint density at radius 3 is 2.84 bits per heavy atom. The van der Waals surface area contributed by atoms with Gasteiger partial charge in [0.15, 0.2) is 0 Å². The zero-order valence-corrected chi connectivity index (χ0v) is 10.0. The van der Waals surface area contributed by atoms with E-state index in [9.17, 15) is 4.79 Å². The molecule has 1 amide bonds. The van der Waals surface area contributed by atoms with Gasteiger partial charge in [0.1, 0.15) is 12.4 Å². The molecule has 5 heteroatoms. The maximum Gasteiger partial charge on any atom is 0.413 e. The van der Waals surface area contributed by atoms with Crippen LogP contribution in [0.4, 0.5) is 10.6 Å². The predicted octanol–water partition coefficient (Wildman–Crippen LogP) is 2.70. The molecule has 1 heterocycles. The van der Waals surface area contributed by atoms with E-state index in [0.29, 0.717) is 5.56 Å². The van der Waals surface area contributed by atoms with Crippen molar-refractivity contribution >= 4 is 11.9 Å². The van der Waals surface area contributed by atoms with E-state index in [4.69, 9.17) is 10.00 Å². The van der Waals surface area contributed by atoms with Crippen LogP contribution in [0.3, 0.4) is 0 Å². The molecule has 19 heavy (non-hydrogen) atoms. The lowest BCUT2D eigenvalue weighted by atomic mass is 10.2. The molecule has 0 aliphatic heterocycles. The van der Waals surface area contributed by atoms with E-state index in [0.717, 1.165) is 5.56 Å². The number of nitrogens with zero attached hydrogens (tertiary/aromatic N) is 2. The molecule has 0 bridgehead atoms. The molecule has 0 saturated heterocycles.